The molecule has 0 unspecified atom stereocenters. The third kappa shape index (κ3) is 32.0. The van der Waals surface area contributed by atoms with E-state index in [1.807, 2.05) is 0 Å². The molecule has 0 aromatic rings. The van der Waals surface area contributed by atoms with E-state index in [1.54, 1.807) is 0 Å². The van der Waals surface area contributed by atoms with Crippen LogP contribution in [-0.4, -0.2) is 13.1 Å². The van der Waals surface area contributed by atoms with Gasteiger partial charge in [-0.15, -0.1) is 0 Å². The second-order valence-electron chi connectivity index (χ2n) is 11.3. The van der Waals surface area contributed by atoms with Crippen LogP contribution >= 0.6 is 0 Å². The Morgan fingerprint density at radius 3 is 0.676 bits per heavy atom. The molecule has 0 amide bonds. The zero-order valence-corrected chi connectivity index (χ0v) is 24.4. The van der Waals surface area contributed by atoms with Crippen LogP contribution in [0.2, 0.25) is 0 Å². The summed E-state index contributed by atoms with van der Waals surface area (Å²) in [6.07, 6.45) is 42.7. The monoisotopic (exact) mass is 480 g/mol. The fourth-order valence-corrected chi connectivity index (χ4v) is 5.27. The Morgan fingerprint density at radius 2 is 0.471 bits per heavy atom. The van der Waals surface area contributed by atoms with Gasteiger partial charge in [-0.05, 0) is 19.5 Å². The maximum absolute atomic E-state index is 3.42. The summed E-state index contributed by atoms with van der Waals surface area (Å²) in [7, 11) is 0. The third-order valence-electron chi connectivity index (χ3n) is 7.71. The van der Waals surface area contributed by atoms with Gasteiger partial charge in [-0.25, -0.2) is 0 Å². The predicted molar refractivity (Wildman–Crippen MR) is 158 cm³/mol. The lowest BCUT2D eigenvalue weighted by Gasteiger charge is -2.05. The first kappa shape index (κ1) is 34.0. The summed E-state index contributed by atoms with van der Waals surface area (Å²) in [5.41, 5.74) is 0. The topological polar surface area (TPSA) is 12.0 Å². The van der Waals surface area contributed by atoms with Crippen molar-refractivity contribution in [3.8, 4) is 0 Å². The molecule has 0 radical (unpaired) electrons. The van der Waals surface area contributed by atoms with Gasteiger partial charge in [0.15, 0.2) is 0 Å². The molecule has 0 saturated heterocycles. The lowest BCUT2D eigenvalue weighted by Crippen LogP contribution is -2.13. The maximum atomic E-state index is 3.42. The van der Waals surface area contributed by atoms with Gasteiger partial charge in [0, 0.05) is 0 Å². The van der Waals surface area contributed by atoms with E-state index in [1.165, 1.54) is 193 Å². The molecule has 0 aliphatic rings. The number of unbranched alkanes of at least 4 members (excludes halogenated alkanes) is 28. The molecule has 0 aliphatic carbocycles. The van der Waals surface area contributed by atoms with Gasteiger partial charge < -0.3 is 5.32 Å². The molecule has 0 atom stereocenters. The van der Waals surface area contributed by atoms with Gasteiger partial charge >= 0.3 is 0 Å². The van der Waals surface area contributed by atoms with Gasteiger partial charge in [-0.3, -0.25) is 0 Å². The van der Waals surface area contributed by atoms with E-state index >= 15 is 0 Å². The molecule has 34 heavy (non-hydrogen) atoms. The number of rotatable bonds is 31. The standard InChI is InChI=1S/C33H69N/c1-3-5-6-7-8-9-10-11-12-13-14-15-16-17-18-19-20-21-22-23-24-25-26-27-28-29-30-31-32-33-34-4-2/h34H,3-33H2,1-2H3. The van der Waals surface area contributed by atoms with E-state index in [9.17, 15) is 0 Å². The van der Waals surface area contributed by atoms with Crippen LogP contribution in [0.15, 0.2) is 0 Å². The Kier molecular flexibility index (Phi) is 32.9. The van der Waals surface area contributed by atoms with Gasteiger partial charge in [0.2, 0.25) is 0 Å². The molecule has 1 N–H and O–H groups in total. The highest BCUT2D eigenvalue weighted by Gasteiger charge is 1.96. The molecular formula is C33H69N. The summed E-state index contributed by atoms with van der Waals surface area (Å²) in [4.78, 5) is 0. The first-order chi connectivity index (χ1) is 16.9. The fourth-order valence-electron chi connectivity index (χ4n) is 5.27. The molecule has 0 aromatic carbocycles. The summed E-state index contributed by atoms with van der Waals surface area (Å²) in [6, 6.07) is 0. The van der Waals surface area contributed by atoms with Gasteiger partial charge in [0.25, 0.3) is 0 Å². The summed E-state index contributed by atoms with van der Waals surface area (Å²) in [5.74, 6) is 0. The second-order valence-corrected chi connectivity index (χ2v) is 11.3. The van der Waals surface area contributed by atoms with Crippen LogP contribution in [0.5, 0.6) is 0 Å². The molecule has 206 valence electrons. The molecule has 0 aliphatic heterocycles. The highest BCUT2D eigenvalue weighted by atomic mass is 14.8. The predicted octanol–water partition coefficient (Wildman–Crippen LogP) is 11.9. The maximum Gasteiger partial charge on any atom is -0.00490 e. The Bertz CT molecular complexity index is 295. The zero-order valence-electron chi connectivity index (χ0n) is 24.4. The SMILES string of the molecule is CCCCCCCCCCCCCCCCCCCCCCCCCCCCCCCNCC. The van der Waals surface area contributed by atoms with Crippen molar-refractivity contribution >= 4 is 0 Å². The minimum absolute atomic E-state index is 1.12. The summed E-state index contributed by atoms with van der Waals surface area (Å²) in [5, 5.41) is 3.42. The Labute approximate surface area is 218 Å². The van der Waals surface area contributed by atoms with Gasteiger partial charge in [0.05, 0.1) is 0 Å². The lowest BCUT2D eigenvalue weighted by molar-refractivity contribution is 0.513. The highest BCUT2D eigenvalue weighted by Crippen LogP contribution is 2.16. The number of nitrogens with one attached hydrogen (secondary N) is 1. The van der Waals surface area contributed by atoms with Crippen LogP contribution in [0.4, 0.5) is 0 Å². The average Bonchev–Trinajstić information content (AvgIpc) is 2.85. The molecule has 0 spiro atoms. The van der Waals surface area contributed by atoms with Crippen LogP contribution < -0.4 is 5.32 Å². The first-order valence-electron chi connectivity index (χ1n) is 16.6. The average molecular weight is 480 g/mol. The summed E-state index contributed by atoms with van der Waals surface area (Å²) < 4.78 is 0. The largest absolute Gasteiger partial charge is 0.317 e. The van der Waals surface area contributed by atoms with Gasteiger partial charge in [-0.2, -0.15) is 0 Å². The Balaban J connectivity index is 2.99. The Hall–Kier alpha value is -0.0400. The molecule has 0 fully saturated rings. The van der Waals surface area contributed by atoms with E-state index in [-0.39, 0.29) is 0 Å². The van der Waals surface area contributed by atoms with E-state index in [2.05, 4.69) is 19.2 Å². The van der Waals surface area contributed by atoms with Crippen molar-refractivity contribution in [1.82, 2.24) is 5.32 Å². The van der Waals surface area contributed by atoms with Crippen molar-refractivity contribution in [2.45, 2.75) is 200 Å². The highest BCUT2D eigenvalue weighted by molar-refractivity contribution is 4.52. The van der Waals surface area contributed by atoms with Gasteiger partial charge in [-0.1, -0.05) is 194 Å². The summed E-state index contributed by atoms with van der Waals surface area (Å²) >= 11 is 0. The molecule has 0 aromatic heterocycles. The molecule has 0 rings (SSSR count). The van der Waals surface area contributed by atoms with E-state index in [0.29, 0.717) is 0 Å². The van der Waals surface area contributed by atoms with E-state index in [0.717, 1.165) is 6.54 Å². The normalized spacial score (nSPS) is 11.5. The van der Waals surface area contributed by atoms with Crippen molar-refractivity contribution in [1.29, 1.82) is 0 Å². The van der Waals surface area contributed by atoms with Crippen LogP contribution in [0.25, 0.3) is 0 Å². The zero-order chi connectivity index (χ0) is 24.6. The van der Waals surface area contributed by atoms with Crippen LogP contribution in [0, 0.1) is 0 Å². The Morgan fingerprint density at radius 1 is 0.265 bits per heavy atom. The van der Waals surface area contributed by atoms with E-state index in [4.69, 9.17) is 0 Å². The van der Waals surface area contributed by atoms with Crippen LogP contribution in [0.1, 0.15) is 200 Å². The van der Waals surface area contributed by atoms with Crippen molar-refractivity contribution < 1.29 is 0 Å². The van der Waals surface area contributed by atoms with Crippen molar-refractivity contribution in [3.05, 3.63) is 0 Å². The number of hydrogen-bond donors (Lipinski definition) is 1. The minimum atomic E-state index is 1.12. The summed E-state index contributed by atoms with van der Waals surface area (Å²) in [6.45, 7) is 6.85. The fraction of sp³-hybridized carbons (Fsp3) is 1.00. The quantitative estimate of drug-likeness (QED) is 0.0974. The molecule has 0 bridgehead atoms. The minimum Gasteiger partial charge on any atom is -0.317 e. The molecular weight excluding hydrogens is 410 g/mol. The lowest BCUT2D eigenvalue weighted by atomic mass is 10.0. The third-order valence-corrected chi connectivity index (χ3v) is 7.71. The van der Waals surface area contributed by atoms with Crippen LogP contribution in [0.3, 0.4) is 0 Å². The van der Waals surface area contributed by atoms with Crippen molar-refractivity contribution in [2.75, 3.05) is 13.1 Å². The number of hydrogen-bond acceptors (Lipinski definition) is 1. The molecule has 0 saturated carbocycles. The van der Waals surface area contributed by atoms with Crippen LogP contribution in [-0.2, 0) is 0 Å². The van der Waals surface area contributed by atoms with E-state index < -0.39 is 0 Å². The smallest absolute Gasteiger partial charge is 0.00490 e. The molecule has 1 heteroatoms. The van der Waals surface area contributed by atoms with Gasteiger partial charge in [0.1, 0.15) is 0 Å². The second kappa shape index (κ2) is 33.0. The van der Waals surface area contributed by atoms with Crippen molar-refractivity contribution in [2.24, 2.45) is 0 Å². The first-order valence-corrected chi connectivity index (χ1v) is 16.6. The molecule has 1 nitrogen and oxygen atoms in total. The molecule has 0 heterocycles. The van der Waals surface area contributed by atoms with Crippen molar-refractivity contribution in [3.63, 3.8) is 0 Å².